The molecule has 0 aromatic heterocycles. The quantitative estimate of drug-likeness (QED) is 0.452. The van der Waals surface area contributed by atoms with Crippen LogP contribution in [0, 0.1) is 0 Å². The smallest absolute Gasteiger partial charge is 0.351 e. The topological polar surface area (TPSA) is 27.7 Å². The van der Waals surface area contributed by atoms with Gasteiger partial charge in [-0.3, -0.25) is 0 Å². The third-order valence-corrected chi connectivity index (χ3v) is 5.57. The molecule has 0 atom stereocenters. The van der Waals surface area contributed by atoms with Crippen molar-refractivity contribution < 1.29 is 13.9 Å². The molecule has 0 aliphatic heterocycles. The first kappa shape index (κ1) is 23.7. The lowest BCUT2D eigenvalue weighted by Gasteiger charge is -2.33. The van der Waals surface area contributed by atoms with Crippen molar-refractivity contribution in [1.82, 2.24) is 0 Å². The van der Waals surface area contributed by atoms with E-state index in [1.165, 1.54) is 0 Å². The molecule has 2 radical (unpaired) electrons. The zero-order chi connectivity index (χ0) is 21.8. The molecule has 3 nitrogen and oxygen atoms in total. The van der Waals surface area contributed by atoms with Crippen molar-refractivity contribution in [3.8, 4) is 17.2 Å². The third-order valence-electron chi connectivity index (χ3n) is 4.42. The lowest BCUT2D eigenvalue weighted by Crippen LogP contribution is -2.25. The molecule has 2 rings (SSSR count). The molecular weight excluding hydrogens is 396 g/mol. The summed E-state index contributed by atoms with van der Waals surface area (Å²) in [5.74, 6) is 2.54. The molecular formula is C24H34O3SSi. The Morgan fingerprint density at radius 1 is 0.828 bits per heavy atom. The lowest BCUT2D eigenvalue weighted by atomic mass is 9.78. The Kier molecular flexibility index (Phi) is 7.74. The van der Waals surface area contributed by atoms with Crippen LogP contribution in [0.2, 0.25) is 0 Å². The predicted octanol–water partition coefficient (Wildman–Crippen LogP) is 5.69. The standard InChI is InChI=1S/C24H34O3SSi/c1-9-25-18-15-19(27-29-17-13-11-12-16(28)14-17)21(24(6,7)8)22(26-10-2)20(18)23(3,4)5/h11-15,28H,9-10H2,1-8H3. The average molecular weight is 431 g/mol. The van der Waals surface area contributed by atoms with Crippen LogP contribution in [-0.2, 0) is 10.8 Å². The highest BCUT2D eigenvalue weighted by molar-refractivity contribution is 7.80. The molecule has 5 heteroatoms. The Morgan fingerprint density at radius 2 is 1.41 bits per heavy atom. The summed E-state index contributed by atoms with van der Waals surface area (Å²) < 4.78 is 18.7. The van der Waals surface area contributed by atoms with Gasteiger partial charge in [0.15, 0.2) is 0 Å². The van der Waals surface area contributed by atoms with Crippen LogP contribution in [0.25, 0.3) is 0 Å². The summed E-state index contributed by atoms with van der Waals surface area (Å²) in [7, 11) is 0.174. The minimum Gasteiger partial charge on any atom is -0.535 e. The minimum absolute atomic E-state index is 0.129. The highest BCUT2D eigenvalue weighted by atomic mass is 32.1. The van der Waals surface area contributed by atoms with E-state index < -0.39 is 0 Å². The van der Waals surface area contributed by atoms with Gasteiger partial charge in [0.05, 0.1) is 13.2 Å². The molecule has 0 saturated carbocycles. The largest absolute Gasteiger partial charge is 0.535 e. The molecule has 158 valence electrons. The lowest BCUT2D eigenvalue weighted by molar-refractivity contribution is 0.296. The van der Waals surface area contributed by atoms with Crippen LogP contribution in [0.4, 0.5) is 0 Å². The number of rotatable bonds is 7. The fourth-order valence-electron chi connectivity index (χ4n) is 3.35. The monoisotopic (exact) mass is 430 g/mol. The van der Waals surface area contributed by atoms with Crippen LogP contribution >= 0.6 is 12.6 Å². The van der Waals surface area contributed by atoms with Gasteiger partial charge in [0.2, 0.25) is 0 Å². The second-order valence-electron chi connectivity index (χ2n) is 9.07. The highest BCUT2D eigenvalue weighted by Crippen LogP contribution is 2.49. The first-order valence-corrected chi connectivity index (χ1v) is 11.5. The van der Waals surface area contributed by atoms with Crippen LogP contribution in [-0.4, -0.2) is 23.0 Å². The second-order valence-corrected chi connectivity index (χ2v) is 10.6. The Bertz CT molecular complexity index is 835. The molecule has 0 aliphatic carbocycles. The summed E-state index contributed by atoms with van der Waals surface area (Å²) in [6, 6.07) is 10.1. The van der Waals surface area contributed by atoms with Crippen LogP contribution in [0.1, 0.15) is 66.5 Å². The fraction of sp³-hybridized carbons (Fsp3) is 0.500. The van der Waals surface area contributed by atoms with E-state index in [1.54, 1.807) is 0 Å². The number of hydrogen-bond acceptors (Lipinski definition) is 4. The van der Waals surface area contributed by atoms with Crippen molar-refractivity contribution in [2.75, 3.05) is 13.2 Å². The first-order chi connectivity index (χ1) is 13.5. The predicted molar refractivity (Wildman–Crippen MR) is 126 cm³/mol. The average Bonchev–Trinajstić information content (AvgIpc) is 2.58. The number of ether oxygens (including phenoxy) is 2. The molecule has 0 aliphatic rings. The molecule has 0 saturated heterocycles. The van der Waals surface area contributed by atoms with Crippen molar-refractivity contribution in [1.29, 1.82) is 0 Å². The van der Waals surface area contributed by atoms with Gasteiger partial charge in [-0.1, -0.05) is 53.7 Å². The van der Waals surface area contributed by atoms with E-state index in [0.29, 0.717) is 13.2 Å². The molecule has 0 N–H and O–H groups in total. The molecule has 0 spiro atoms. The van der Waals surface area contributed by atoms with Crippen LogP contribution in [0.5, 0.6) is 17.2 Å². The third kappa shape index (κ3) is 5.95. The van der Waals surface area contributed by atoms with Gasteiger partial charge in [-0.2, -0.15) is 0 Å². The van der Waals surface area contributed by atoms with Gasteiger partial charge in [0.25, 0.3) is 0 Å². The van der Waals surface area contributed by atoms with Gasteiger partial charge in [0.1, 0.15) is 17.2 Å². The van der Waals surface area contributed by atoms with Crippen molar-refractivity contribution in [3.05, 3.63) is 41.5 Å². The number of hydrogen-bond donors (Lipinski definition) is 1. The van der Waals surface area contributed by atoms with Gasteiger partial charge in [-0.15, -0.1) is 12.6 Å². The van der Waals surface area contributed by atoms with E-state index in [2.05, 4.69) is 60.2 Å². The molecule has 0 bridgehead atoms. The summed E-state index contributed by atoms with van der Waals surface area (Å²) in [4.78, 5) is 0.933. The molecule has 0 unspecified atom stereocenters. The Labute approximate surface area is 184 Å². The molecule has 29 heavy (non-hydrogen) atoms. The van der Waals surface area contributed by atoms with Crippen molar-refractivity contribution >= 4 is 27.6 Å². The van der Waals surface area contributed by atoms with E-state index in [4.69, 9.17) is 13.9 Å². The van der Waals surface area contributed by atoms with E-state index >= 15 is 0 Å². The Balaban J connectivity index is 2.67. The first-order valence-electron chi connectivity index (χ1n) is 10.2. The normalized spacial score (nSPS) is 12.0. The Morgan fingerprint density at radius 3 is 1.93 bits per heavy atom. The second kappa shape index (κ2) is 9.48. The van der Waals surface area contributed by atoms with Crippen molar-refractivity contribution in [2.24, 2.45) is 0 Å². The molecule has 0 fully saturated rings. The molecule has 0 amide bonds. The maximum Gasteiger partial charge on any atom is 0.351 e. The molecule has 0 heterocycles. The maximum absolute atomic E-state index is 6.38. The van der Waals surface area contributed by atoms with E-state index in [9.17, 15) is 0 Å². The zero-order valence-electron chi connectivity index (χ0n) is 19.0. The number of benzene rings is 2. The van der Waals surface area contributed by atoms with E-state index in [1.807, 2.05) is 38.1 Å². The Hall–Kier alpha value is -1.59. The van der Waals surface area contributed by atoms with E-state index in [0.717, 1.165) is 38.5 Å². The summed E-state index contributed by atoms with van der Waals surface area (Å²) in [6.45, 7) is 18.4. The van der Waals surface area contributed by atoms with Gasteiger partial charge in [0, 0.05) is 22.1 Å². The van der Waals surface area contributed by atoms with Crippen molar-refractivity contribution in [2.45, 2.75) is 71.1 Å². The van der Waals surface area contributed by atoms with Crippen LogP contribution < -0.4 is 19.1 Å². The fourth-order valence-corrected chi connectivity index (χ4v) is 4.47. The van der Waals surface area contributed by atoms with Crippen LogP contribution in [0.3, 0.4) is 0 Å². The minimum atomic E-state index is -0.152. The number of thiol groups is 1. The maximum atomic E-state index is 6.38. The summed E-state index contributed by atoms with van der Waals surface area (Å²) in [5.41, 5.74) is 1.90. The molecule has 2 aromatic rings. The summed E-state index contributed by atoms with van der Waals surface area (Å²) >= 11 is 4.44. The van der Waals surface area contributed by atoms with Gasteiger partial charge in [-0.25, -0.2) is 0 Å². The summed E-state index contributed by atoms with van der Waals surface area (Å²) in [5, 5.41) is 1.10. The summed E-state index contributed by atoms with van der Waals surface area (Å²) in [6.07, 6.45) is 0. The van der Waals surface area contributed by atoms with Gasteiger partial charge < -0.3 is 13.9 Å². The van der Waals surface area contributed by atoms with E-state index in [-0.39, 0.29) is 20.6 Å². The SMILES string of the molecule is CCOc1cc(O[Si]c2cccc(S)c2)c(C(C)(C)C)c(OCC)c1C(C)(C)C. The molecule has 2 aromatic carbocycles. The van der Waals surface area contributed by atoms with Gasteiger partial charge >= 0.3 is 9.76 Å². The van der Waals surface area contributed by atoms with Crippen LogP contribution in [0.15, 0.2) is 35.2 Å². The zero-order valence-corrected chi connectivity index (χ0v) is 20.9. The highest BCUT2D eigenvalue weighted by Gasteiger charge is 2.33. The van der Waals surface area contributed by atoms with Crippen molar-refractivity contribution in [3.63, 3.8) is 0 Å². The van der Waals surface area contributed by atoms with Gasteiger partial charge in [-0.05, 0) is 42.0 Å².